The fourth-order valence-electron chi connectivity index (χ4n) is 2.67. The molecule has 0 bridgehead atoms. The van der Waals surface area contributed by atoms with Crippen LogP contribution in [0.1, 0.15) is 36.8 Å². The normalized spacial score (nSPS) is 13.9. The number of carbonyl (C=O) groups is 1. The van der Waals surface area contributed by atoms with E-state index in [9.17, 15) is 13.2 Å². The third-order valence-electron chi connectivity index (χ3n) is 3.98. The molecule has 1 aromatic carbocycles. The molecule has 0 aromatic heterocycles. The highest BCUT2D eigenvalue weighted by Gasteiger charge is 2.19. The third kappa shape index (κ3) is 4.55. The smallest absolute Gasteiger partial charge is 0.221 e. The van der Waals surface area contributed by atoms with Crippen molar-refractivity contribution in [2.45, 2.75) is 43.4 Å². The Hall–Kier alpha value is -1.40. The Labute approximate surface area is 132 Å². The van der Waals surface area contributed by atoms with Crippen molar-refractivity contribution >= 4 is 15.7 Å². The Morgan fingerprint density at radius 2 is 1.95 bits per heavy atom. The second-order valence-corrected chi connectivity index (χ2v) is 7.81. The Balaban J connectivity index is 1.87. The molecule has 22 heavy (non-hydrogen) atoms. The lowest BCUT2D eigenvalue weighted by Crippen LogP contribution is -2.26. The third-order valence-corrected chi connectivity index (χ3v) is 5.69. The number of rotatable bonds is 8. The van der Waals surface area contributed by atoms with Crippen LogP contribution >= 0.6 is 0 Å². The molecule has 0 fully saturated rings. The van der Waals surface area contributed by atoms with Crippen molar-refractivity contribution in [2.75, 3.05) is 18.8 Å². The lowest BCUT2D eigenvalue weighted by molar-refractivity contribution is -0.120. The summed E-state index contributed by atoms with van der Waals surface area (Å²) in [6.45, 7) is 1.15. The minimum atomic E-state index is -3.39. The van der Waals surface area contributed by atoms with Crippen molar-refractivity contribution in [3.63, 3.8) is 0 Å². The van der Waals surface area contributed by atoms with Gasteiger partial charge in [0.15, 0.2) is 9.84 Å². The Bertz CT molecular complexity index is 626. The van der Waals surface area contributed by atoms with E-state index in [2.05, 4.69) is 5.32 Å². The topological polar surface area (TPSA) is 89.3 Å². The van der Waals surface area contributed by atoms with Gasteiger partial charge in [-0.1, -0.05) is 6.07 Å². The van der Waals surface area contributed by atoms with Gasteiger partial charge in [0, 0.05) is 13.0 Å². The van der Waals surface area contributed by atoms with Gasteiger partial charge in [0.1, 0.15) is 0 Å². The van der Waals surface area contributed by atoms with Gasteiger partial charge in [0.25, 0.3) is 0 Å². The number of nitrogens with two attached hydrogens (primary N) is 1. The van der Waals surface area contributed by atoms with E-state index < -0.39 is 9.84 Å². The number of carbonyl (C=O) groups excluding carboxylic acids is 1. The monoisotopic (exact) mass is 324 g/mol. The number of benzene rings is 1. The van der Waals surface area contributed by atoms with E-state index in [0.29, 0.717) is 18.0 Å². The maximum absolute atomic E-state index is 12.3. The van der Waals surface area contributed by atoms with Crippen LogP contribution in [-0.4, -0.2) is 33.2 Å². The maximum atomic E-state index is 12.3. The second-order valence-electron chi connectivity index (χ2n) is 5.70. The minimum Gasteiger partial charge on any atom is -0.356 e. The first kappa shape index (κ1) is 17.0. The van der Waals surface area contributed by atoms with Gasteiger partial charge < -0.3 is 11.1 Å². The number of hydrogen-bond donors (Lipinski definition) is 2. The minimum absolute atomic E-state index is 0.00203. The predicted molar refractivity (Wildman–Crippen MR) is 86.4 cm³/mol. The summed E-state index contributed by atoms with van der Waals surface area (Å²) < 4.78 is 24.6. The highest BCUT2D eigenvalue weighted by atomic mass is 32.2. The van der Waals surface area contributed by atoms with E-state index in [-0.39, 0.29) is 18.1 Å². The quantitative estimate of drug-likeness (QED) is 0.703. The number of sulfone groups is 1. The molecule has 0 aliphatic heterocycles. The van der Waals surface area contributed by atoms with E-state index in [1.807, 2.05) is 6.07 Å². The van der Waals surface area contributed by atoms with Crippen molar-refractivity contribution < 1.29 is 13.2 Å². The predicted octanol–water partition coefficient (Wildman–Crippen LogP) is 1.19. The molecule has 122 valence electrons. The second kappa shape index (κ2) is 7.74. The first-order chi connectivity index (χ1) is 10.5. The average molecular weight is 324 g/mol. The maximum Gasteiger partial charge on any atom is 0.221 e. The van der Waals surface area contributed by atoms with E-state index >= 15 is 0 Å². The number of nitrogens with one attached hydrogen (secondary N) is 1. The molecule has 2 rings (SSSR count). The van der Waals surface area contributed by atoms with Gasteiger partial charge in [-0.25, -0.2) is 8.42 Å². The average Bonchev–Trinajstić information content (AvgIpc) is 2.97. The zero-order valence-corrected chi connectivity index (χ0v) is 13.6. The van der Waals surface area contributed by atoms with Crippen LogP contribution in [-0.2, 0) is 27.5 Å². The Morgan fingerprint density at radius 3 is 2.73 bits per heavy atom. The molecular formula is C16H24N2O3S. The molecule has 0 heterocycles. The summed E-state index contributed by atoms with van der Waals surface area (Å²) in [6, 6.07) is 5.34. The van der Waals surface area contributed by atoms with Crippen LogP contribution in [0.25, 0.3) is 0 Å². The van der Waals surface area contributed by atoms with E-state index in [1.54, 1.807) is 12.1 Å². The van der Waals surface area contributed by atoms with Crippen molar-refractivity contribution in [2.24, 2.45) is 5.73 Å². The van der Waals surface area contributed by atoms with E-state index in [0.717, 1.165) is 37.7 Å². The molecule has 0 atom stereocenters. The van der Waals surface area contributed by atoms with Crippen LogP contribution < -0.4 is 11.1 Å². The lowest BCUT2D eigenvalue weighted by Gasteiger charge is -2.08. The highest BCUT2D eigenvalue weighted by Crippen LogP contribution is 2.25. The van der Waals surface area contributed by atoms with Crippen LogP contribution in [0, 0.1) is 0 Å². The van der Waals surface area contributed by atoms with Crippen LogP contribution in [0.5, 0.6) is 0 Å². The standard InChI is InChI=1S/C16H24N2O3S/c17-9-1-2-10-18-16(19)8-11-22(20,21)15-7-6-13-4-3-5-14(13)12-15/h6-7,12H,1-5,8-11,17H2,(H,18,19). The zero-order chi connectivity index (χ0) is 16.0. The molecule has 0 spiro atoms. The van der Waals surface area contributed by atoms with Crippen LogP contribution in [0.3, 0.4) is 0 Å². The highest BCUT2D eigenvalue weighted by molar-refractivity contribution is 7.91. The van der Waals surface area contributed by atoms with Gasteiger partial charge in [-0.2, -0.15) is 0 Å². The van der Waals surface area contributed by atoms with E-state index in [4.69, 9.17) is 5.73 Å². The fraction of sp³-hybridized carbons (Fsp3) is 0.562. The molecule has 1 aliphatic rings. The number of aryl methyl sites for hydroxylation is 2. The molecular weight excluding hydrogens is 300 g/mol. The molecule has 1 aromatic rings. The van der Waals surface area contributed by atoms with Gasteiger partial charge in [-0.15, -0.1) is 0 Å². The first-order valence-electron chi connectivity index (χ1n) is 7.84. The molecule has 0 saturated carbocycles. The summed E-state index contributed by atoms with van der Waals surface area (Å²) >= 11 is 0. The Morgan fingerprint density at radius 1 is 1.18 bits per heavy atom. The van der Waals surface area contributed by atoms with Crippen molar-refractivity contribution in [1.82, 2.24) is 5.32 Å². The van der Waals surface area contributed by atoms with Crippen molar-refractivity contribution in [1.29, 1.82) is 0 Å². The molecule has 5 nitrogen and oxygen atoms in total. The van der Waals surface area contributed by atoms with Crippen LogP contribution in [0.2, 0.25) is 0 Å². The summed E-state index contributed by atoms with van der Waals surface area (Å²) in [5.41, 5.74) is 7.75. The summed E-state index contributed by atoms with van der Waals surface area (Å²) in [5.74, 6) is -0.365. The van der Waals surface area contributed by atoms with Gasteiger partial charge in [0.05, 0.1) is 10.6 Å². The molecule has 0 unspecified atom stereocenters. The summed E-state index contributed by atoms with van der Waals surface area (Å²) in [4.78, 5) is 12.0. The SMILES string of the molecule is NCCCCNC(=O)CCS(=O)(=O)c1ccc2c(c1)CCC2. The van der Waals surface area contributed by atoms with Crippen LogP contribution in [0.15, 0.2) is 23.1 Å². The number of fused-ring (bicyclic) bond motifs is 1. The number of amides is 1. The van der Waals surface area contributed by atoms with Crippen LogP contribution in [0.4, 0.5) is 0 Å². The molecule has 0 radical (unpaired) electrons. The molecule has 1 amide bonds. The molecule has 0 saturated heterocycles. The number of unbranched alkanes of at least 4 members (excludes halogenated alkanes) is 1. The van der Waals surface area contributed by atoms with Gasteiger partial charge >= 0.3 is 0 Å². The molecule has 1 aliphatic carbocycles. The zero-order valence-electron chi connectivity index (χ0n) is 12.8. The summed E-state index contributed by atoms with van der Waals surface area (Å²) in [5, 5.41) is 2.72. The van der Waals surface area contributed by atoms with Crippen molar-refractivity contribution in [3.8, 4) is 0 Å². The lowest BCUT2D eigenvalue weighted by atomic mass is 10.1. The van der Waals surface area contributed by atoms with Crippen molar-refractivity contribution in [3.05, 3.63) is 29.3 Å². The van der Waals surface area contributed by atoms with Gasteiger partial charge in [0.2, 0.25) is 5.91 Å². The largest absolute Gasteiger partial charge is 0.356 e. The Kier molecular flexibility index (Phi) is 5.97. The number of hydrogen-bond acceptors (Lipinski definition) is 4. The molecule has 3 N–H and O–H groups in total. The van der Waals surface area contributed by atoms with E-state index in [1.165, 1.54) is 5.56 Å². The summed E-state index contributed by atoms with van der Waals surface area (Å²) in [6.07, 6.45) is 4.74. The van der Waals surface area contributed by atoms with Gasteiger partial charge in [-0.3, -0.25) is 4.79 Å². The summed E-state index contributed by atoms with van der Waals surface area (Å²) in [7, 11) is -3.39. The fourth-order valence-corrected chi connectivity index (χ4v) is 3.96. The molecule has 6 heteroatoms. The van der Waals surface area contributed by atoms with Gasteiger partial charge in [-0.05, 0) is 61.9 Å². The first-order valence-corrected chi connectivity index (χ1v) is 9.49.